The first-order valence-corrected chi connectivity index (χ1v) is 11.2. The quantitative estimate of drug-likeness (QED) is 0.595. The monoisotopic (exact) mass is 343 g/mol. The van der Waals surface area contributed by atoms with Crippen molar-refractivity contribution in [1.82, 2.24) is 4.90 Å². The van der Waals surface area contributed by atoms with Gasteiger partial charge >= 0.3 is 6.09 Å². The molecule has 5 nitrogen and oxygen atoms in total. The average molecular weight is 344 g/mol. The largest absolute Gasteiger partial charge is 0.445 e. The molecule has 0 aliphatic carbocycles. The van der Waals surface area contributed by atoms with E-state index in [0.717, 1.165) is 0 Å². The number of hydrogen-bond donors (Lipinski definition) is 1. The van der Waals surface area contributed by atoms with Gasteiger partial charge in [0.05, 0.1) is 12.2 Å². The molecule has 4 atom stereocenters. The number of nitrogens with zero attached hydrogens (tertiary/aromatic N) is 1. The van der Waals surface area contributed by atoms with E-state index >= 15 is 0 Å². The van der Waals surface area contributed by atoms with E-state index in [1.807, 2.05) is 0 Å². The van der Waals surface area contributed by atoms with Crippen LogP contribution in [0.4, 0.5) is 4.79 Å². The molecule has 0 aromatic heterocycles. The van der Waals surface area contributed by atoms with Crippen LogP contribution >= 0.6 is 0 Å². The van der Waals surface area contributed by atoms with Crippen LogP contribution in [0.15, 0.2) is 12.7 Å². The lowest BCUT2D eigenvalue weighted by atomic mass is 9.76. The average Bonchev–Trinajstić information content (AvgIpc) is 2.85. The van der Waals surface area contributed by atoms with E-state index in [0.29, 0.717) is 13.1 Å². The Morgan fingerprint density at radius 2 is 1.96 bits per heavy atom. The van der Waals surface area contributed by atoms with Crippen LogP contribution < -0.4 is 0 Å². The third-order valence-corrected chi connectivity index (χ3v) is 5.11. The second kappa shape index (κ2) is 8.31. The molecule has 134 valence electrons. The van der Waals surface area contributed by atoms with Crippen LogP contribution in [0.3, 0.4) is 0 Å². The number of ether oxygens (including phenoxy) is 1. The summed E-state index contributed by atoms with van der Waals surface area (Å²) in [6.45, 7) is 17.4. The van der Waals surface area contributed by atoms with Crippen LogP contribution in [0.25, 0.3) is 0 Å². The summed E-state index contributed by atoms with van der Waals surface area (Å²) < 4.78 is 11.5. The van der Waals surface area contributed by atoms with Crippen molar-refractivity contribution in [2.45, 2.75) is 53.0 Å². The summed E-state index contributed by atoms with van der Waals surface area (Å²) in [5.74, 6) is 0.115. The van der Waals surface area contributed by atoms with Gasteiger partial charge in [-0.15, -0.1) is 0 Å². The Balaban J connectivity index is 2.95. The SMILES string of the molecule is C=CCOC(=O)N1CC(C(C)O)C(C(O[SiH](C)C)C(C)(C)C)C1. The van der Waals surface area contributed by atoms with Crippen molar-refractivity contribution in [3.63, 3.8) is 0 Å². The summed E-state index contributed by atoms with van der Waals surface area (Å²) in [5, 5.41) is 10.2. The minimum absolute atomic E-state index is 0.00301. The molecular formula is C17H33NO4Si. The molecule has 0 saturated carbocycles. The number of likely N-dealkylation sites (tertiary alicyclic amines) is 1. The zero-order valence-corrected chi connectivity index (χ0v) is 16.6. The number of carbonyl (C=O) groups excluding carboxylic acids is 1. The number of amides is 1. The topological polar surface area (TPSA) is 59.0 Å². The number of carbonyl (C=O) groups is 1. The van der Waals surface area contributed by atoms with Gasteiger partial charge in [0, 0.05) is 24.9 Å². The molecule has 6 heteroatoms. The molecule has 1 rings (SSSR count). The van der Waals surface area contributed by atoms with Crippen molar-refractivity contribution in [1.29, 1.82) is 0 Å². The van der Waals surface area contributed by atoms with Crippen LogP contribution in [-0.2, 0) is 9.16 Å². The first-order chi connectivity index (χ1) is 10.6. The third kappa shape index (κ3) is 5.62. The molecule has 0 aromatic rings. The fourth-order valence-electron chi connectivity index (χ4n) is 3.30. The molecule has 1 saturated heterocycles. The van der Waals surface area contributed by atoms with Gasteiger partial charge < -0.3 is 19.2 Å². The lowest BCUT2D eigenvalue weighted by Crippen LogP contribution is -2.44. The molecule has 1 N–H and O–H groups in total. The van der Waals surface area contributed by atoms with Crippen LogP contribution in [0.5, 0.6) is 0 Å². The maximum Gasteiger partial charge on any atom is 0.410 e. The molecule has 4 unspecified atom stereocenters. The Labute approximate surface area is 142 Å². The maximum absolute atomic E-state index is 12.2. The van der Waals surface area contributed by atoms with Crippen LogP contribution in [0.2, 0.25) is 13.1 Å². The molecular weight excluding hydrogens is 310 g/mol. The number of aliphatic hydroxyl groups excluding tert-OH is 1. The molecule has 0 bridgehead atoms. The van der Waals surface area contributed by atoms with E-state index in [4.69, 9.17) is 9.16 Å². The van der Waals surface area contributed by atoms with Gasteiger partial charge in [0.1, 0.15) is 6.61 Å². The van der Waals surface area contributed by atoms with Gasteiger partial charge in [-0.05, 0) is 25.4 Å². The zero-order valence-electron chi connectivity index (χ0n) is 15.4. The minimum atomic E-state index is -1.24. The highest BCUT2D eigenvalue weighted by Gasteiger charge is 2.46. The van der Waals surface area contributed by atoms with Crippen molar-refractivity contribution in [3.8, 4) is 0 Å². The van der Waals surface area contributed by atoms with Crippen molar-refractivity contribution >= 4 is 15.1 Å². The zero-order chi connectivity index (χ0) is 17.8. The van der Waals surface area contributed by atoms with E-state index in [9.17, 15) is 9.90 Å². The summed E-state index contributed by atoms with van der Waals surface area (Å²) in [6.07, 6.45) is 0.751. The third-order valence-electron chi connectivity index (χ3n) is 4.28. The number of rotatable bonds is 6. The van der Waals surface area contributed by atoms with Gasteiger partial charge in [-0.1, -0.05) is 33.4 Å². The maximum atomic E-state index is 12.2. The van der Waals surface area contributed by atoms with E-state index in [1.54, 1.807) is 17.9 Å². The Morgan fingerprint density at radius 3 is 2.39 bits per heavy atom. The summed E-state index contributed by atoms with van der Waals surface area (Å²) in [7, 11) is -1.24. The predicted molar refractivity (Wildman–Crippen MR) is 95.0 cm³/mol. The molecule has 1 amide bonds. The molecule has 1 heterocycles. The fraction of sp³-hybridized carbons (Fsp3) is 0.824. The first-order valence-electron chi connectivity index (χ1n) is 8.44. The fourth-order valence-corrected chi connectivity index (χ4v) is 4.49. The standard InChI is InChI=1S/C17H33NO4Si/c1-8-9-21-16(20)18-10-13(12(2)19)14(11-18)15(17(3,4)5)22-23(6)7/h8,12-15,19,23H,1,9-11H2,2-7H3. The highest BCUT2D eigenvalue weighted by Crippen LogP contribution is 2.38. The van der Waals surface area contributed by atoms with Crippen molar-refractivity contribution in [2.75, 3.05) is 19.7 Å². The van der Waals surface area contributed by atoms with Crippen LogP contribution in [0.1, 0.15) is 27.7 Å². The van der Waals surface area contributed by atoms with Gasteiger partial charge in [0.25, 0.3) is 0 Å². The lowest BCUT2D eigenvalue weighted by molar-refractivity contribution is -0.00483. The van der Waals surface area contributed by atoms with Gasteiger partial charge in [0.2, 0.25) is 0 Å². The lowest BCUT2D eigenvalue weighted by Gasteiger charge is -2.39. The molecule has 0 radical (unpaired) electrons. The molecule has 0 spiro atoms. The molecule has 1 aliphatic rings. The van der Waals surface area contributed by atoms with Crippen molar-refractivity contribution in [2.24, 2.45) is 17.3 Å². The molecule has 1 aliphatic heterocycles. The Morgan fingerprint density at radius 1 is 1.39 bits per heavy atom. The summed E-state index contributed by atoms with van der Waals surface area (Å²) in [6, 6.07) is 0. The number of aliphatic hydroxyl groups is 1. The summed E-state index contributed by atoms with van der Waals surface area (Å²) >= 11 is 0. The minimum Gasteiger partial charge on any atom is -0.445 e. The Hall–Kier alpha value is -0.853. The highest BCUT2D eigenvalue weighted by atomic mass is 28.3. The van der Waals surface area contributed by atoms with Crippen LogP contribution in [0, 0.1) is 17.3 Å². The second-order valence-corrected chi connectivity index (χ2v) is 10.2. The van der Waals surface area contributed by atoms with Crippen molar-refractivity contribution in [3.05, 3.63) is 12.7 Å². The Bertz CT molecular complexity index is 406. The van der Waals surface area contributed by atoms with E-state index in [-0.39, 0.29) is 36.1 Å². The smallest absolute Gasteiger partial charge is 0.410 e. The Kier molecular flexibility index (Phi) is 7.29. The number of hydrogen-bond acceptors (Lipinski definition) is 4. The summed E-state index contributed by atoms with van der Waals surface area (Å²) in [5.41, 5.74) is -0.0455. The van der Waals surface area contributed by atoms with E-state index in [1.165, 1.54) is 0 Å². The highest BCUT2D eigenvalue weighted by molar-refractivity contribution is 6.48. The van der Waals surface area contributed by atoms with E-state index in [2.05, 4.69) is 40.4 Å². The van der Waals surface area contributed by atoms with E-state index < -0.39 is 15.1 Å². The molecule has 23 heavy (non-hydrogen) atoms. The van der Waals surface area contributed by atoms with Gasteiger partial charge in [-0.25, -0.2) is 4.79 Å². The second-order valence-electron chi connectivity index (χ2n) is 7.81. The van der Waals surface area contributed by atoms with Crippen molar-refractivity contribution < 1.29 is 19.1 Å². The van der Waals surface area contributed by atoms with Gasteiger partial charge in [-0.3, -0.25) is 0 Å². The predicted octanol–water partition coefficient (Wildman–Crippen LogP) is 2.65. The normalized spacial score (nSPS) is 24.6. The first kappa shape index (κ1) is 20.2. The van der Waals surface area contributed by atoms with Gasteiger partial charge in [-0.2, -0.15) is 0 Å². The molecule has 0 aromatic carbocycles. The van der Waals surface area contributed by atoms with Gasteiger partial charge in [0.15, 0.2) is 9.04 Å². The summed E-state index contributed by atoms with van der Waals surface area (Å²) in [4.78, 5) is 13.8. The van der Waals surface area contributed by atoms with Crippen LogP contribution in [-0.4, -0.2) is 57.0 Å². The molecule has 1 fully saturated rings.